The average Bonchev–Trinajstić information content (AvgIpc) is 2.63. The summed E-state index contributed by atoms with van der Waals surface area (Å²) in [5.74, 6) is -0.627. The van der Waals surface area contributed by atoms with Crippen LogP contribution in [0.3, 0.4) is 0 Å². The van der Waals surface area contributed by atoms with Gasteiger partial charge in [-0.2, -0.15) is 0 Å². The lowest BCUT2D eigenvalue weighted by molar-refractivity contribution is 0.0697. The predicted molar refractivity (Wildman–Crippen MR) is 99.6 cm³/mol. The lowest BCUT2D eigenvalue weighted by atomic mass is 10.1. The number of unbranched alkanes of at least 4 members (excludes halogenated alkanes) is 1. The Morgan fingerprint density at radius 2 is 1.88 bits per heavy atom. The van der Waals surface area contributed by atoms with Gasteiger partial charge in [-0.15, -0.1) is 0 Å². The van der Waals surface area contributed by atoms with E-state index in [2.05, 4.69) is 10.0 Å². The van der Waals surface area contributed by atoms with E-state index < -0.39 is 16.0 Å². The highest BCUT2D eigenvalue weighted by Crippen LogP contribution is 2.35. The second-order valence-corrected chi connectivity index (χ2v) is 7.44. The first-order valence-electron chi connectivity index (χ1n) is 8.20. The van der Waals surface area contributed by atoms with Crippen LogP contribution in [-0.2, 0) is 10.0 Å². The zero-order chi connectivity index (χ0) is 19.2. The molecule has 0 atom stereocenters. The zero-order valence-corrected chi connectivity index (χ0v) is 15.5. The summed E-state index contributed by atoms with van der Waals surface area (Å²) in [5.41, 5.74) is 0.0909. The quantitative estimate of drug-likeness (QED) is 0.578. The molecule has 0 fully saturated rings. The van der Waals surface area contributed by atoms with Crippen molar-refractivity contribution in [1.82, 2.24) is 4.72 Å². The van der Waals surface area contributed by atoms with E-state index in [9.17, 15) is 18.3 Å². The fourth-order valence-electron chi connectivity index (χ4n) is 2.30. The van der Waals surface area contributed by atoms with Crippen molar-refractivity contribution >= 4 is 21.7 Å². The van der Waals surface area contributed by atoms with Crippen LogP contribution < -0.4 is 14.8 Å². The number of sulfonamides is 1. The zero-order valence-electron chi connectivity index (χ0n) is 14.7. The molecule has 0 amide bonds. The van der Waals surface area contributed by atoms with Gasteiger partial charge in [0.1, 0.15) is 5.75 Å². The van der Waals surface area contributed by atoms with Gasteiger partial charge in [0.05, 0.1) is 16.1 Å². The summed E-state index contributed by atoms with van der Waals surface area (Å²) in [4.78, 5) is 11.5. The van der Waals surface area contributed by atoms with Crippen molar-refractivity contribution in [3.63, 3.8) is 0 Å². The molecule has 0 aromatic heterocycles. The molecule has 8 heteroatoms. The topological polar surface area (TPSA) is 105 Å². The molecule has 0 saturated heterocycles. The number of carboxylic acid groups (broad SMARTS) is 1. The van der Waals surface area contributed by atoms with Crippen molar-refractivity contribution in [1.29, 1.82) is 0 Å². The van der Waals surface area contributed by atoms with E-state index in [0.29, 0.717) is 12.3 Å². The molecule has 0 spiro atoms. The van der Waals surface area contributed by atoms with E-state index in [0.717, 1.165) is 18.9 Å². The van der Waals surface area contributed by atoms with Gasteiger partial charge < -0.3 is 15.2 Å². The Morgan fingerprint density at radius 1 is 1.19 bits per heavy atom. The molecule has 0 aliphatic rings. The Kier molecular flexibility index (Phi) is 6.59. The highest BCUT2D eigenvalue weighted by molar-refractivity contribution is 7.89. The van der Waals surface area contributed by atoms with Gasteiger partial charge in [-0.25, -0.2) is 17.9 Å². The summed E-state index contributed by atoms with van der Waals surface area (Å²) in [5, 5.41) is 12.6. The van der Waals surface area contributed by atoms with Crippen LogP contribution in [0, 0.1) is 0 Å². The molecular formula is C18H22N2O5S. The Bertz CT molecular complexity index is 867. The third kappa shape index (κ3) is 4.74. The highest BCUT2D eigenvalue weighted by atomic mass is 32.2. The summed E-state index contributed by atoms with van der Waals surface area (Å²) < 4.78 is 32.3. The lowest BCUT2D eigenvalue weighted by Gasteiger charge is -2.17. The number of nitrogens with one attached hydrogen (secondary N) is 2. The number of carboxylic acids is 1. The molecule has 0 bridgehead atoms. The molecule has 7 nitrogen and oxygen atoms in total. The first kappa shape index (κ1) is 19.7. The molecule has 0 heterocycles. The smallest absolute Gasteiger partial charge is 0.337 e. The Hall–Kier alpha value is -2.58. The largest absolute Gasteiger partial charge is 0.478 e. The Morgan fingerprint density at radius 3 is 2.46 bits per heavy atom. The van der Waals surface area contributed by atoms with Crippen LogP contribution in [0.25, 0.3) is 0 Å². The van der Waals surface area contributed by atoms with Gasteiger partial charge in [0.25, 0.3) is 0 Å². The van der Waals surface area contributed by atoms with E-state index in [4.69, 9.17) is 4.74 Å². The van der Waals surface area contributed by atoms with Crippen LogP contribution in [0.5, 0.6) is 11.5 Å². The number of anilines is 1. The average molecular weight is 378 g/mol. The number of hydrogen-bond donors (Lipinski definition) is 3. The van der Waals surface area contributed by atoms with Crippen LogP contribution in [0.1, 0.15) is 30.1 Å². The van der Waals surface area contributed by atoms with Crippen LogP contribution in [0.4, 0.5) is 5.69 Å². The third-order valence-electron chi connectivity index (χ3n) is 3.69. The highest BCUT2D eigenvalue weighted by Gasteiger charge is 2.22. The minimum absolute atomic E-state index is 0.140. The Labute approximate surface area is 153 Å². The normalized spacial score (nSPS) is 11.2. The maximum Gasteiger partial charge on any atom is 0.337 e. The van der Waals surface area contributed by atoms with E-state index in [-0.39, 0.29) is 21.9 Å². The number of aromatic carboxylic acids is 1. The van der Waals surface area contributed by atoms with Crippen LogP contribution in [0.15, 0.2) is 47.4 Å². The Balaban J connectivity index is 2.59. The van der Waals surface area contributed by atoms with Gasteiger partial charge in [-0.3, -0.25) is 0 Å². The van der Waals surface area contributed by atoms with Crippen LogP contribution >= 0.6 is 0 Å². The molecule has 3 N–H and O–H groups in total. The monoisotopic (exact) mass is 378 g/mol. The fraction of sp³-hybridized carbons (Fsp3) is 0.278. The predicted octanol–water partition coefficient (Wildman–Crippen LogP) is 3.30. The van der Waals surface area contributed by atoms with E-state index in [1.54, 1.807) is 24.3 Å². The summed E-state index contributed by atoms with van der Waals surface area (Å²) in [6.45, 7) is 2.56. The first-order chi connectivity index (χ1) is 12.4. The molecule has 2 rings (SSSR count). The van der Waals surface area contributed by atoms with Crippen molar-refractivity contribution in [2.45, 2.75) is 24.7 Å². The van der Waals surface area contributed by atoms with E-state index >= 15 is 0 Å². The molecule has 0 radical (unpaired) electrons. The van der Waals surface area contributed by atoms with Gasteiger partial charge in [0.2, 0.25) is 10.0 Å². The molecule has 2 aromatic rings. The van der Waals surface area contributed by atoms with Gasteiger partial charge in [-0.1, -0.05) is 31.5 Å². The first-order valence-corrected chi connectivity index (χ1v) is 9.69. The number of hydrogen-bond acceptors (Lipinski definition) is 5. The van der Waals surface area contributed by atoms with Gasteiger partial charge in [0.15, 0.2) is 5.75 Å². The summed E-state index contributed by atoms with van der Waals surface area (Å²) in [7, 11) is -2.57. The van der Waals surface area contributed by atoms with Crippen LogP contribution in [-0.4, -0.2) is 33.1 Å². The molecule has 0 unspecified atom stereocenters. The molecule has 140 valence electrons. The number of ether oxygens (including phenoxy) is 1. The van der Waals surface area contributed by atoms with Crippen molar-refractivity contribution in [3.05, 3.63) is 48.0 Å². The van der Waals surface area contributed by atoms with E-state index in [1.165, 1.54) is 13.1 Å². The number of para-hydroxylation sites is 1. The second-order valence-electron chi connectivity index (χ2n) is 5.55. The van der Waals surface area contributed by atoms with E-state index in [1.807, 2.05) is 13.0 Å². The maximum absolute atomic E-state index is 12.2. The number of rotatable bonds is 9. The number of benzene rings is 2. The molecule has 0 aliphatic carbocycles. The van der Waals surface area contributed by atoms with Gasteiger partial charge in [0, 0.05) is 12.6 Å². The van der Waals surface area contributed by atoms with Crippen molar-refractivity contribution in [2.24, 2.45) is 0 Å². The lowest BCUT2D eigenvalue weighted by Crippen LogP contribution is -2.20. The van der Waals surface area contributed by atoms with Crippen molar-refractivity contribution in [3.8, 4) is 11.5 Å². The summed E-state index contributed by atoms with van der Waals surface area (Å²) in [6, 6.07) is 11.2. The second kappa shape index (κ2) is 8.68. The molecule has 0 aliphatic heterocycles. The third-order valence-corrected chi connectivity index (χ3v) is 5.08. The van der Waals surface area contributed by atoms with Crippen molar-refractivity contribution < 1.29 is 23.1 Å². The van der Waals surface area contributed by atoms with Crippen molar-refractivity contribution in [2.75, 3.05) is 18.9 Å². The molecular weight excluding hydrogens is 356 g/mol. The summed E-state index contributed by atoms with van der Waals surface area (Å²) in [6.07, 6.45) is 1.76. The minimum atomic E-state index is -3.83. The molecule has 2 aromatic carbocycles. The standard InChI is InChI=1S/C18H22N2O5S/c1-3-4-10-20-17-15(18(21)22)11-14(26(23,24)19-2)12-16(17)25-13-8-6-5-7-9-13/h5-9,11-12,19-20H,3-4,10H2,1-2H3,(H,21,22). The summed E-state index contributed by atoms with van der Waals surface area (Å²) >= 11 is 0. The van der Waals surface area contributed by atoms with Crippen LogP contribution in [0.2, 0.25) is 0 Å². The minimum Gasteiger partial charge on any atom is -0.478 e. The maximum atomic E-state index is 12.2. The molecule has 0 saturated carbocycles. The fourth-order valence-corrected chi connectivity index (χ4v) is 3.07. The van der Waals surface area contributed by atoms with Gasteiger partial charge >= 0.3 is 5.97 Å². The SMILES string of the molecule is CCCCNc1c(Oc2ccccc2)cc(S(=O)(=O)NC)cc1C(=O)O. The van der Waals surface area contributed by atoms with Gasteiger partial charge in [-0.05, 0) is 31.7 Å². The number of carbonyl (C=O) groups is 1. The molecule has 26 heavy (non-hydrogen) atoms.